The van der Waals surface area contributed by atoms with Crippen molar-refractivity contribution in [3.05, 3.63) is 64.7 Å². The van der Waals surface area contributed by atoms with E-state index in [4.69, 9.17) is 11.6 Å². The highest BCUT2D eigenvalue weighted by Crippen LogP contribution is 2.22. The molecule has 192 valence electrons. The van der Waals surface area contributed by atoms with E-state index in [2.05, 4.69) is 5.32 Å². The van der Waals surface area contributed by atoms with Gasteiger partial charge in [-0.05, 0) is 55.5 Å². The summed E-state index contributed by atoms with van der Waals surface area (Å²) in [6, 6.07) is 13.9. The maximum atomic E-state index is 13.3. The molecule has 1 unspecified atom stereocenters. The summed E-state index contributed by atoms with van der Waals surface area (Å²) in [6.45, 7) is 6.56. The third-order valence-corrected chi connectivity index (χ3v) is 7.36. The van der Waals surface area contributed by atoms with Crippen LogP contribution in [-0.4, -0.2) is 50.5 Å². The van der Waals surface area contributed by atoms with Gasteiger partial charge in [-0.15, -0.1) is 0 Å². The van der Waals surface area contributed by atoms with E-state index in [-0.39, 0.29) is 31.3 Å². The number of rotatable bonds is 13. The molecule has 9 heteroatoms. The van der Waals surface area contributed by atoms with E-state index < -0.39 is 16.1 Å². The van der Waals surface area contributed by atoms with Crippen molar-refractivity contribution in [1.82, 2.24) is 10.2 Å². The Kier molecular flexibility index (Phi) is 11.0. The molecule has 0 spiro atoms. The molecule has 2 aromatic carbocycles. The zero-order valence-corrected chi connectivity index (χ0v) is 22.5. The Bertz CT molecular complexity index is 1090. The number of halogens is 1. The zero-order chi connectivity index (χ0) is 26.0. The average Bonchev–Trinajstić information content (AvgIpc) is 2.83. The Morgan fingerprint density at radius 1 is 1.06 bits per heavy atom. The van der Waals surface area contributed by atoms with Gasteiger partial charge < -0.3 is 10.2 Å². The van der Waals surface area contributed by atoms with Crippen LogP contribution in [0.15, 0.2) is 48.5 Å². The largest absolute Gasteiger partial charge is 0.354 e. The number of amides is 2. The summed E-state index contributed by atoms with van der Waals surface area (Å²) >= 11 is 6.31. The van der Waals surface area contributed by atoms with Crippen LogP contribution in [0.25, 0.3) is 0 Å². The molecule has 2 aromatic rings. The van der Waals surface area contributed by atoms with Crippen LogP contribution in [0.1, 0.15) is 51.2 Å². The number of benzene rings is 2. The van der Waals surface area contributed by atoms with Crippen LogP contribution in [0.4, 0.5) is 5.69 Å². The maximum absolute atomic E-state index is 13.3. The van der Waals surface area contributed by atoms with Crippen LogP contribution >= 0.6 is 11.6 Å². The highest BCUT2D eigenvalue weighted by atomic mass is 35.5. The molecule has 0 aromatic heterocycles. The second-order valence-electron chi connectivity index (χ2n) is 8.54. The molecule has 7 nitrogen and oxygen atoms in total. The molecule has 2 rings (SSSR count). The van der Waals surface area contributed by atoms with Gasteiger partial charge in [0.15, 0.2) is 0 Å². The second-order valence-corrected chi connectivity index (χ2v) is 10.9. The van der Waals surface area contributed by atoms with Gasteiger partial charge in [0, 0.05) is 31.1 Å². The Morgan fingerprint density at radius 3 is 2.29 bits per heavy atom. The number of nitrogens with zero attached hydrogens (tertiary/aromatic N) is 2. The van der Waals surface area contributed by atoms with E-state index >= 15 is 0 Å². The first-order valence-corrected chi connectivity index (χ1v) is 14.2. The summed E-state index contributed by atoms with van der Waals surface area (Å²) in [7, 11) is -3.52. The van der Waals surface area contributed by atoms with Gasteiger partial charge in [0.1, 0.15) is 6.04 Å². The maximum Gasteiger partial charge on any atom is 0.242 e. The summed E-state index contributed by atoms with van der Waals surface area (Å²) < 4.78 is 26.2. The summed E-state index contributed by atoms with van der Waals surface area (Å²) in [5, 5.41) is 3.36. The lowest BCUT2D eigenvalue weighted by Gasteiger charge is -2.29. The minimum atomic E-state index is -3.52. The quantitative estimate of drug-likeness (QED) is 0.423. The number of aryl methyl sites for hydroxylation is 1. The van der Waals surface area contributed by atoms with E-state index in [1.165, 1.54) is 9.21 Å². The van der Waals surface area contributed by atoms with Crippen molar-refractivity contribution in [2.24, 2.45) is 0 Å². The van der Waals surface area contributed by atoms with Gasteiger partial charge in [-0.25, -0.2) is 8.42 Å². The van der Waals surface area contributed by atoms with E-state index in [0.717, 1.165) is 30.2 Å². The molecular weight excluding hydrogens is 486 g/mol. The van der Waals surface area contributed by atoms with Crippen molar-refractivity contribution in [3.63, 3.8) is 0 Å². The van der Waals surface area contributed by atoms with E-state index in [0.29, 0.717) is 23.7 Å². The van der Waals surface area contributed by atoms with Gasteiger partial charge in [-0.3, -0.25) is 13.9 Å². The first kappa shape index (κ1) is 28.7. The van der Waals surface area contributed by atoms with Gasteiger partial charge in [-0.1, -0.05) is 55.8 Å². The molecule has 1 N–H and O–H groups in total. The molecule has 0 aliphatic heterocycles. The number of carbonyl (C=O) groups is 2. The molecular formula is C26H36ClN3O4S. The number of nitrogens with one attached hydrogen (secondary N) is 1. The van der Waals surface area contributed by atoms with Crippen LogP contribution in [0, 0.1) is 0 Å². The minimum absolute atomic E-state index is 0.0922. The minimum Gasteiger partial charge on any atom is -0.354 e. The van der Waals surface area contributed by atoms with E-state index in [1.54, 1.807) is 25.1 Å². The van der Waals surface area contributed by atoms with Crippen LogP contribution in [0.2, 0.25) is 5.02 Å². The molecule has 0 heterocycles. The zero-order valence-electron chi connectivity index (χ0n) is 21.0. The second kappa shape index (κ2) is 13.5. The lowest BCUT2D eigenvalue weighted by molar-refractivity contribution is -0.140. The SMILES string of the molecule is CCCNC(=O)C(C)N(Cc1ccccc1Cl)C(=O)CCCN(c1ccc(CC)cc1)S(C)(=O)=O. The summed E-state index contributed by atoms with van der Waals surface area (Å²) in [4.78, 5) is 27.4. The molecule has 0 aliphatic rings. The third kappa shape index (κ3) is 8.54. The van der Waals surface area contributed by atoms with Gasteiger partial charge in [0.25, 0.3) is 0 Å². The average molecular weight is 522 g/mol. The molecule has 0 bridgehead atoms. The van der Waals surface area contributed by atoms with Crippen LogP contribution in [-0.2, 0) is 32.6 Å². The lowest BCUT2D eigenvalue weighted by atomic mass is 10.1. The lowest BCUT2D eigenvalue weighted by Crippen LogP contribution is -2.47. The van der Waals surface area contributed by atoms with Gasteiger partial charge >= 0.3 is 0 Å². The number of hydrogen-bond donors (Lipinski definition) is 1. The monoisotopic (exact) mass is 521 g/mol. The van der Waals surface area contributed by atoms with Crippen LogP contribution < -0.4 is 9.62 Å². The molecule has 2 amide bonds. The fourth-order valence-corrected chi connectivity index (χ4v) is 4.85. The van der Waals surface area contributed by atoms with E-state index in [1.807, 2.05) is 44.2 Å². The summed E-state index contributed by atoms with van der Waals surface area (Å²) in [5.74, 6) is -0.472. The molecule has 0 fully saturated rings. The molecule has 0 saturated heterocycles. The van der Waals surface area contributed by atoms with Crippen molar-refractivity contribution in [3.8, 4) is 0 Å². The third-order valence-electron chi connectivity index (χ3n) is 5.80. The molecule has 35 heavy (non-hydrogen) atoms. The molecule has 1 atom stereocenters. The first-order chi connectivity index (χ1) is 16.6. The van der Waals surface area contributed by atoms with Crippen molar-refractivity contribution in [2.45, 2.75) is 59.0 Å². The topological polar surface area (TPSA) is 86.8 Å². The number of sulfonamides is 1. The highest BCUT2D eigenvalue weighted by Gasteiger charge is 2.27. The van der Waals surface area contributed by atoms with Crippen LogP contribution in [0.5, 0.6) is 0 Å². The van der Waals surface area contributed by atoms with Crippen molar-refractivity contribution < 1.29 is 18.0 Å². The standard InChI is InChI=1S/C26H36ClN3O4S/c1-5-17-28-26(32)20(3)29(19-22-10-7-8-11-24(22)27)25(31)12-9-18-30(35(4,33)34)23-15-13-21(6-2)14-16-23/h7-8,10-11,13-16,20H,5-6,9,12,17-19H2,1-4H3,(H,28,32). The number of carbonyl (C=O) groups excluding carboxylic acids is 2. The Hall–Kier alpha value is -2.58. The van der Waals surface area contributed by atoms with Gasteiger partial charge in [0.2, 0.25) is 21.8 Å². The smallest absolute Gasteiger partial charge is 0.242 e. The van der Waals surface area contributed by atoms with Crippen molar-refractivity contribution in [1.29, 1.82) is 0 Å². The van der Waals surface area contributed by atoms with E-state index in [9.17, 15) is 18.0 Å². The van der Waals surface area contributed by atoms with Gasteiger partial charge in [-0.2, -0.15) is 0 Å². The highest BCUT2D eigenvalue weighted by molar-refractivity contribution is 7.92. The Labute approximate surface area is 214 Å². The Balaban J connectivity index is 2.16. The number of anilines is 1. The predicted octanol–water partition coefficient (Wildman–Crippen LogP) is 4.39. The number of hydrogen-bond acceptors (Lipinski definition) is 4. The summed E-state index contributed by atoms with van der Waals surface area (Å²) in [6.07, 6.45) is 3.21. The Morgan fingerprint density at radius 2 is 1.71 bits per heavy atom. The first-order valence-electron chi connectivity index (χ1n) is 12.0. The normalized spacial score (nSPS) is 12.1. The predicted molar refractivity (Wildman–Crippen MR) is 142 cm³/mol. The molecule has 0 radical (unpaired) electrons. The van der Waals surface area contributed by atoms with Gasteiger partial charge in [0.05, 0.1) is 11.9 Å². The van der Waals surface area contributed by atoms with Crippen molar-refractivity contribution in [2.75, 3.05) is 23.7 Å². The fraction of sp³-hybridized carbons (Fsp3) is 0.462. The van der Waals surface area contributed by atoms with Crippen molar-refractivity contribution >= 4 is 39.1 Å². The van der Waals surface area contributed by atoms with Crippen LogP contribution in [0.3, 0.4) is 0 Å². The molecule has 0 saturated carbocycles. The summed E-state index contributed by atoms with van der Waals surface area (Å²) in [5.41, 5.74) is 2.42. The molecule has 0 aliphatic carbocycles. The fourth-order valence-electron chi connectivity index (χ4n) is 3.69.